The van der Waals surface area contributed by atoms with Crippen LogP contribution in [0.2, 0.25) is 10.0 Å². The summed E-state index contributed by atoms with van der Waals surface area (Å²) in [7, 11) is 1.87. The second-order valence-corrected chi connectivity index (χ2v) is 9.36. The van der Waals surface area contributed by atoms with Gasteiger partial charge in [-0.05, 0) is 50.6 Å². The number of hydrogen-bond donors (Lipinski definition) is 0. The number of para-hydroxylation sites is 1. The summed E-state index contributed by atoms with van der Waals surface area (Å²) >= 11 is 14.1. The molecule has 2 aromatic carbocycles. The van der Waals surface area contributed by atoms with Gasteiger partial charge in [-0.1, -0.05) is 48.3 Å². The van der Waals surface area contributed by atoms with E-state index in [0.717, 1.165) is 33.9 Å². The third kappa shape index (κ3) is 3.98. The van der Waals surface area contributed by atoms with Crippen molar-refractivity contribution in [3.05, 3.63) is 84.8 Å². The van der Waals surface area contributed by atoms with Crippen LogP contribution in [0.3, 0.4) is 0 Å². The molecule has 0 saturated heterocycles. The molecule has 1 unspecified atom stereocenters. The minimum atomic E-state index is -0.147. The highest BCUT2D eigenvalue weighted by Gasteiger charge is 2.19. The fourth-order valence-corrected chi connectivity index (χ4v) is 5.18. The van der Waals surface area contributed by atoms with Crippen molar-refractivity contribution in [2.75, 3.05) is 0 Å². The molecule has 166 valence electrons. The highest BCUT2D eigenvalue weighted by atomic mass is 35.5. The maximum atomic E-state index is 13.3. The average molecular weight is 487 g/mol. The molecule has 0 saturated carbocycles. The molecule has 4 rings (SSSR count). The van der Waals surface area contributed by atoms with Crippen molar-refractivity contribution in [3.8, 4) is 16.9 Å². The molecule has 0 aliphatic heterocycles. The highest BCUT2D eigenvalue weighted by Crippen LogP contribution is 2.32. The van der Waals surface area contributed by atoms with Crippen LogP contribution < -0.4 is 10.4 Å². The molecule has 1 atom stereocenters. The molecule has 5 nitrogen and oxygen atoms in total. The molecule has 0 bridgehead atoms. The van der Waals surface area contributed by atoms with Crippen molar-refractivity contribution >= 4 is 40.2 Å². The maximum absolute atomic E-state index is 13.3. The lowest BCUT2D eigenvalue weighted by atomic mass is 10.1. The molecule has 0 spiro atoms. The van der Waals surface area contributed by atoms with E-state index in [1.54, 1.807) is 10.7 Å². The quantitative estimate of drug-likeness (QED) is 0.316. The van der Waals surface area contributed by atoms with Crippen LogP contribution >= 0.6 is 34.5 Å². The van der Waals surface area contributed by atoms with Crippen LogP contribution in [-0.2, 0) is 7.05 Å². The summed E-state index contributed by atoms with van der Waals surface area (Å²) in [6, 6.07) is 15.3. The Kier molecular flexibility index (Phi) is 6.47. The lowest BCUT2D eigenvalue weighted by Gasteiger charge is -2.16. The summed E-state index contributed by atoms with van der Waals surface area (Å²) in [5.41, 5.74) is 3.74. The number of benzene rings is 2. The Balaban J connectivity index is 1.95. The smallest absolute Gasteiger partial charge is 0.297 e. The summed E-state index contributed by atoms with van der Waals surface area (Å²) < 4.78 is 5.64. The predicted octanol–water partition coefficient (Wildman–Crippen LogP) is 6.52. The Hall–Kier alpha value is -2.54. The molecule has 0 fully saturated rings. The van der Waals surface area contributed by atoms with Crippen molar-refractivity contribution in [2.24, 2.45) is 12.0 Å². The molecule has 0 aliphatic rings. The van der Waals surface area contributed by atoms with Gasteiger partial charge in [0.15, 0.2) is 10.5 Å². The van der Waals surface area contributed by atoms with Gasteiger partial charge < -0.3 is 4.57 Å². The van der Waals surface area contributed by atoms with Crippen molar-refractivity contribution < 1.29 is 0 Å². The van der Waals surface area contributed by atoms with E-state index in [1.807, 2.05) is 66.5 Å². The number of hydrogen-bond acceptors (Lipinski definition) is 3. The Labute approximate surface area is 200 Å². The third-order valence-electron chi connectivity index (χ3n) is 5.71. The molecule has 4 aromatic rings. The number of halogens is 2. The van der Waals surface area contributed by atoms with Crippen molar-refractivity contribution in [1.29, 1.82) is 0 Å². The van der Waals surface area contributed by atoms with Crippen LogP contribution in [0.5, 0.6) is 0 Å². The van der Waals surface area contributed by atoms with Crippen LogP contribution in [-0.4, -0.2) is 13.9 Å². The van der Waals surface area contributed by atoms with Crippen molar-refractivity contribution in [1.82, 2.24) is 13.9 Å². The Morgan fingerprint density at radius 1 is 1.12 bits per heavy atom. The Bertz CT molecular complexity index is 1400. The first-order valence-electron chi connectivity index (χ1n) is 10.4. The summed E-state index contributed by atoms with van der Waals surface area (Å²) in [5.74, 6) is 0. The zero-order chi connectivity index (χ0) is 23.0. The molecule has 2 aromatic heterocycles. The van der Waals surface area contributed by atoms with E-state index in [1.165, 1.54) is 11.3 Å². The minimum absolute atomic E-state index is 0.147. The molecule has 32 heavy (non-hydrogen) atoms. The van der Waals surface area contributed by atoms with Gasteiger partial charge >= 0.3 is 0 Å². The summed E-state index contributed by atoms with van der Waals surface area (Å²) in [4.78, 5) is 19.0. The van der Waals surface area contributed by atoms with Crippen LogP contribution in [0.4, 0.5) is 5.69 Å². The largest absolute Gasteiger partial charge is 0.314 e. The number of thiazole rings is 1. The number of rotatable bonds is 5. The van der Waals surface area contributed by atoms with E-state index in [2.05, 4.69) is 18.4 Å². The van der Waals surface area contributed by atoms with Gasteiger partial charge in [-0.15, -0.1) is 11.3 Å². The normalized spacial score (nSPS) is 13.0. The van der Waals surface area contributed by atoms with Crippen LogP contribution in [0.25, 0.3) is 16.9 Å². The highest BCUT2D eigenvalue weighted by molar-refractivity contribution is 7.07. The van der Waals surface area contributed by atoms with Gasteiger partial charge in [0.2, 0.25) is 0 Å². The standard InChI is InChI=1S/C24H24Cl2N4OS/c1-5-15(2)29-21(19-12-11-17(25)13-20(19)26)14-32-24(29)27-22-16(3)28(4)30(23(22)31)18-9-7-6-8-10-18/h6-15H,5H2,1-4H3. The first kappa shape index (κ1) is 22.6. The molecular formula is C24H24Cl2N4OS. The maximum Gasteiger partial charge on any atom is 0.297 e. The molecule has 2 heterocycles. The fraction of sp³-hybridized carbons (Fsp3) is 0.250. The molecule has 0 aliphatic carbocycles. The third-order valence-corrected chi connectivity index (χ3v) is 7.10. The molecule has 8 heteroatoms. The summed E-state index contributed by atoms with van der Waals surface area (Å²) in [5, 5.41) is 3.21. The van der Waals surface area contributed by atoms with Crippen LogP contribution in [0, 0.1) is 6.92 Å². The van der Waals surface area contributed by atoms with Gasteiger partial charge in [0.25, 0.3) is 5.56 Å². The average Bonchev–Trinajstić information content (AvgIpc) is 3.28. The summed E-state index contributed by atoms with van der Waals surface area (Å²) in [6.45, 7) is 6.18. The van der Waals surface area contributed by atoms with Crippen LogP contribution in [0.1, 0.15) is 32.0 Å². The van der Waals surface area contributed by atoms with Crippen LogP contribution in [0.15, 0.2) is 63.7 Å². The van der Waals surface area contributed by atoms with E-state index in [4.69, 9.17) is 28.2 Å². The van der Waals surface area contributed by atoms with Gasteiger partial charge in [-0.2, -0.15) is 0 Å². The van der Waals surface area contributed by atoms with Crippen molar-refractivity contribution in [3.63, 3.8) is 0 Å². The summed E-state index contributed by atoms with van der Waals surface area (Å²) in [6.07, 6.45) is 0.907. The molecule has 0 N–H and O–H groups in total. The SMILES string of the molecule is CCC(C)n1c(-c2ccc(Cl)cc2Cl)csc1=Nc1c(C)n(C)n(-c2ccccc2)c1=O. The van der Waals surface area contributed by atoms with Gasteiger partial charge in [-0.3, -0.25) is 9.48 Å². The minimum Gasteiger partial charge on any atom is -0.314 e. The Morgan fingerprint density at radius 3 is 2.50 bits per heavy atom. The second-order valence-electron chi connectivity index (χ2n) is 7.68. The fourth-order valence-electron chi connectivity index (χ4n) is 3.68. The second kappa shape index (κ2) is 9.14. The van der Waals surface area contributed by atoms with Gasteiger partial charge in [0.05, 0.1) is 22.1 Å². The zero-order valence-electron chi connectivity index (χ0n) is 18.3. The lowest BCUT2D eigenvalue weighted by Crippen LogP contribution is -2.21. The molecule has 0 radical (unpaired) electrons. The zero-order valence-corrected chi connectivity index (χ0v) is 20.7. The van der Waals surface area contributed by atoms with E-state index < -0.39 is 0 Å². The van der Waals surface area contributed by atoms with E-state index in [-0.39, 0.29) is 11.6 Å². The topological polar surface area (TPSA) is 44.2 Å². The van der Waals surface area contributed by atoms with Gasteiger partial charge in [0.1, 0.15) is 0 Å². The number of nitrogens with zero attached hydrogens (tertiary/aromatic N) is 4. The Morgan fingerprint density at radius 2 is 1.84 bits per heavy atom. The predicted molar refractivity (Wildman–Crippen MR) is 134 cm³/mol. The van der Waals surface area contributed by atoms with E-state index >= 15 is 0 Å². The van der Waals surface area contributed by atoms with E-state index in [9.17, 15) is 4.79 Å². The van der Waals surface area contributed by atoms with E-state index in [0.29, 0.717) is 15.7 Å². The van der Waals surface area contributed by atoms with Crippen molar-refractivity contribution in [2.45, 2.75) is 33.2 Å². The van der Waals surface area contributed by atoms with Gasteiger partial charge in [-0.25, -0.2) is 9.67 Å². The first-order valence-corrected chi connectivity index (χ1v) is 12.0. The first-order chi connectivity index (χ1) is 15.3. The molecular weight excluding hydrogens is 463 g/mol. The monoisotopic (exact) mass is 486 g/mol. The van der Waals surface area contributed by atoms with Gasteiger partial charge in [0, 0.05) is 29.1 Å². The number of aromatic nitrogens is 3. The molecule has 0 amide bonds. The lowest BCUT2D eigenvalue weighted by molar-refractivity contribution is 0.524.